The molecule has 78 valence electrons. The Kier molecular flexibility index (Phi) is 11.7. The molecule has 3 heteroatoms. The predicted octanol–water partition coefficient (Wildman–Crippen LogP) is 2.98. The molecule has 0 aliphatic carbocycles. The van der Waals surface area contributed by atoms with Crippen molar-refractivity contribution in [3.63, 3.8) is 0 Å². The van der Waals surface area contributed by atoms with Crippen LogP contribution in [0.25, 0.3) is 0 Å². The molecule has 0 aliphatic rings. The van der Waals surface area contributed by atoms with Gasteiger partial charge in [-0.2, -0.15) is 9.59 Å². The Labute approximate surface area is 102 Å². The Bertz CT molecular complexity index is 261. The summed E-state index contributed by atoms with van der Waals surface area (Å²) < 4.78 is 0. The second-order valence-corrected chi connectivity index (χ2v) is 2.82. The molecule has 0 aliphatic heterocycles. The first-order valence-corrected chi connectivity index (χ1v) is 4.29. The summed E-state index contributed by atoms with van der Waals surface area (Å²) in [6, 6.07) is 8.76. The highest BCUT2D eigenvalue weighted by atomic mass is 127. The highest BCUT2D eigenvalue weighted by Crippen LogP contribution is 2.04. The van der Waals surface area contributed by atoms with Gasteiger partial charge in [-0.15, -0.1) is 24.0 Å². The van der Waals surface area contributed by atoms with Gasteiger partial charge in [0.15, 0.2) is 0 Å². The van der Waals surface area contributed by atoms with Crippen molar-refractivity contribution < 1.29 is 9.59 Å². The van der Waals surface area contributed by atoms with Gasteiger partial charge < -0.3 is 0 Å². The molecule has 0 fully saturated rings. The Morgan fingerprint density at radius 1 is 1.14 bits per heavy atom. The largest absolute Gasteiger partial charge is 0.373 e. The first-order chi connectivity index (χ1) is 6.24. The first kappa shape index (κ1) is 15.8. The van der Waals surface area contributed by atoms with E-state index in [0.29, 0.717) is 0 Å². The molecule has 0 bridgehead atoms. The topological polar surface area (TPSA) is 34.1 Å². The summed E-state index contributed by atoms with van der Waals surface area (Å²) in [7, 11) is 0. The third-order valence-corrected chi connectivity index (χ3v) is 1.66. The van der Waals surface area contributed by atoms with Gasteiger partial charge >= 0.3 is 6.15 Å². The zero-order chi connectivity index (χ0) is 10.1. The molecule has 0 spiro atoms. The average Bonchev–Trinajstić information content (AvgIpc) is 2.11. The number of carbonyl (C=O) groups excluding carboxylic acids is 2. The van der Waals surface area contributed by atoms with Gasteiger partial charge in [0, 0.05) is 0 Å². The molecule has 2 nitrogen and oxygen atoms in total. The molecule has 0 saturated carbocycles. The molecule has 0 amide bonds. The second kappa shape index (κ2) is 10.4. The minimum atomic E-state index is 0. The van der Waals surface area contributed by atoms with Crippen LogP contribution in [0.4, 0.5) is 0 Å². The van der Waals surface area contributed by atoms with Crippen molar-refractivity contribution in [1.29, 1.82) is 0 Å². The van der Waals surface area contributed by atoms with E-state index in [1.54, 1.807) is 0 Å². The van der Waals surface area contributed by atoms with E-state index >= 15 is 0 Å². The van der Waals surface area contributed by atoms with Crippen LogP contribution in [0.1, 0.15) is 24.5 Å². The summed E-state index contributed by atoms with van der Waals surface area (Å²) in [6.07, 6.45) is 2.70. The van der Waals surface area contributed by atoms with Crippen LogP contribution < -0.4 is 0 Å². The van der Waals surface area contributed by atoms with Gasteiger partial charge in [-0.3, -0.25) is 0 Å². The van der Waals surface area contributed by atoms with Crippen LogP contribution in [-0.2, 0) is 16.0 Å². The molecule has 0 saturated heterocycles. The number of hydrogen-bond acceptors (Lipinski definition) is 2. The normalized spacial score (nSPS) is 7.57. The fraction of sp³-hybridized carbons (Fsp3) is 0.364. The highest BCUT2D eigenvalue weighted by Gasteiger charge is 1.87. The van der Waals surface area contributed by atoms with Crippen molar-refractivity contribution in [2.75, 3.05) is 0 Å². The smallest absolute Gasteiger partial charge is 0.186 e. The van der Waals surface area contributed by atoms with Gasteiger partial charge in [0.05, 0.1) is 0 Å². The molecule has 1 aromatic carbocycles. The quantitative estimate of drug-likeness (QED) is 0.787. The number of rotatable bonds is 2. The van der Waals surface area contributed by atoms with Crippen molar-refractivity contribution in [2.24, 2.45) is 0 Å². The molecular formula is C11H15IO2. The van der Waals surface area contributed by atoms with E-state index in [0.717, 1.165) is 0 Å². The second-order valence-electron chi connectivity index (χ2n) is 2.82. The van der Waals surface area contributed by atoms with E-state index < -0.39 is 0 Å². The highest BCUT2D eigenvalue weighted by molar-refractivity contribution is 14.0. The van der Waals surface area contributed by atoms with Crippen LogP contribution in [-0.4, -0.2) is 6.15 Å². The molecule has 0 aromatic heterocycles. The molecule has 1 rings (SSSR count). The predicted molar refractivity (Wildman–Crippen MR) is 65.6 cm³/mol. The van der Waals surface area contributed by atoms with Crippen molar-refractivity contribution in [3.05, 3.63) is 35.4 Å². The van der Waals surface area contributed by atoms with Crippen molar-refractivity contribution in [3.8, 4) is 0 Å². The first-order valence-electron chi connectivity index (χ1n) is 4.29. The van der Waals surface area contributed by atoms with Crippen LogP contribution in [0.5, 0.6) is 0 Å². The summed E-state index contributed by atoms with van der Waals surface area (Å²) in [6.45, 7) is 4.33. The Morgan fingerprint density at radius 3 is 1.93 bits per heavy atom. The summed E-state index contributed by atoms with van der Waals surface area (Å²) in [5, 5.41) is 0. The fourth-order valence-corrected chi connectivity index (χ4v) is 1.04. The average molecular weight is 306 g/mol. The van der Waals surface area contributed by atoms with Crippen molar-refractivity contribution in [2.45, 2.75) is 26.7 Å². The van der Waals surface area contributed by atoms with Gasteiger partial charge in [0.2, 0.25) is 0 Å². The van der Waals surface area contributed by atoms with E-state index in [1.165, 1.54) is 24.0 Å². The standard InChI is InChI=1S/C10H14.CO2.HI/c1-3-4-10-7-5-9(2)6-8-10;2-1-3;/h5-8H,3-4H2,1-2H3;;1H. The molecule has 0 heterocycles. The van der Waals surface area contributed by atoms with Crippen molar-refractivity contribution in [1.82, 2.24) is 0 Å². The number of halogens is 1. The number of benzene rings is 1. The molecule has 14 heavy (non-hydrogen) atoms. The SMILES string of the molecule is CCCc1ccc(C)cc1.I.O=C=O. The third-order valence-electron chi connectivity index (χ3n) is 1.66. The molecule has 0 N–H and O–H groups in total. The van der Waals surface area contributed by atoms with Crippen LogP contribution in [0.3, 0.4) is 0 Å². The maximum atomic E-state index is 8.12. The van der Waals surface area contributed by atoms with Gasteiger partial charge in [-0.1, -0.05) is 43.2 Å². The lowest BCUT2D eigenvalue weighted by Crippen LogP contribution is -1.81. The molecule has 0 radical (unpaired) electrons. The Balaban J connectivity index is 0. The van der Waals surface area contributed by atoms with E-state index in [2.05, 4.69) is 38.1 Å². The van der Waals surface area contributed by atoms with Crippen LogP contribution in [0, 0.1) is 6.92 Å². The van der Waals surface area contributed by atoms with Gasteiger partial charge in [-0.25, -0.2) is 0 Å². The molecular weight excluding hydrogens is 291 g/mol. The molecule has 1 aromatic rings. The maximum absolute atomic E-state index is 8.12. The zero-order valence-electron chi connectivity index (χ0n) is 8.45. The summed E-state index contributed by atoms with van der Waals surface area (Å²) in [5.41, 5.74) is 2.80. The van der Waals surface area contributed by atoms with Gasteiger partial charge in [0.25, 0.3) is 0 Å². The van der Waals surface area contributed by atoms with E-state index in [9.17, 15) is 0 Å². The summed E-state index contributed by atoms with van der Waals surface area (Å²) in [4.78, 5) is 16.2. The summed E-state index contributed by atoms with van der Waals surface area (Å²) >= 11 is 0. The van der Waals surface area contributed by atoms with Gasteiger partial charge in [-0.05, 0) is 18.9 Å². The Hall–Kier alpha value is -0.670. The lowest BCUT2D eigenvalue weighted by molar-refractivity contribution is -0.191. The number of hydrogen-bond donors (Lipinski definition) is 0. The molecule has 0 atom stereocenters. The van der Waals surface area contributed by atoms with Crippen molar-refractivity contribution >= 4 is 30.1 Å². The van der Waals surface area contributed by atoms with Crippen LogP contribution in [0.15, 0.2) is 24.3 Å². The minimum absolute atomic E-state index is 0. The van der Waals surface area contributed by atoms with Crippen LogP contribution in [0.2, 0.25) is 0 Å². The van der Waals surface area contributed by atoms with Gasteiger partial charge in [0.1, 0.15) is 0 Å². The fourth-order valence-electron chi connectivity index (χ4n) is 1.04. The maximum Gasteiger partial charge on any atom is 0.373 e. The lowest BCUT2D eigenvalue weighted by Gasteiger charge is -1.97. The monoisotopic (exact) mass is 306 g/mol. The van der Waals surface area contributed by atoms with E-state index in [-0.39, 0.29) is 30.1 Å². The van der Waals surface area contributed by atoms with E-state index in [4.69, 9.17) is 9.59 Å². The lowest BCUT2D eigenvalue weighted by atomic mass is 10.1. The Morgan fingerprint density at radius 2 is 1.57 bits per heavy atom. The minimum Gasteiger partial charge on any atom is -0.186 e. The summed E-state index contributed by atoms with van der Waals surface area (Å²) in [5.74, 6) is 0. The third kappa shape index (κ3) is 7.95. The zero-order valence-corrected chi connectivity index (χ0v) is 10.8. The number of aryl methyl sites for hydroxylation is 2. The van der Waals surface area contributed by atoms with E-state index in [1.807, 2.05) is 0 Å². The van der Waals surface area contributed by atoms with Crippen LogP contribution >= 0.6 is 24.0 Å². The molecule has 0 unspecified atom stereocenters.